The van der Waals surface area contributed by atoms with Crippen molar-refractivity contribution < 1.29 is 4.57 Å². The number of pyridine rings is 1. The van der Waals surface area contributed by atoms with E-state index >= 15 is 0 Å². The standard InChI is InChI=1S/C34H32N/c1-21-22(2)32-29-13-7-11-25-10-6-12-28(33(25)29)31(32)20-30(21)34-27-15-14-24(18-23-8-4-5-9-23)19-26(27)16-17-35(34)3/h6-7,10-17,19-20,23H,4-5,8-9,18H2,1-3H3/q+1. The Morgan fingerprint density at radius 3 is 2.31 bits per heavy atom. The fourth-order valence-corrected chi connectivity index (χ4v) is 6.93. The normalized spacial score (nSPS) is 14.8. The molecule has 1 heteroatoms. The molecule has 2 aliphatic rings. The van der Waals surface area contributed by atoms with Crippen molar-refractivity contribution in [2.45, 2.75) is 46.0 Å². The summed E-state index contributed by atoms with van der Waals surface area (Å²) in [7, 11) is 2.19. The molecular weight excluding hydrogens is 422 g/mol. The van der Waals surface area contributed by atoms with Crippen LogP contribution in [0.5, 0.6) is 0 Å². The van der Waals surface area contributed by atoms with Crippen LogP contribution >= 0.6 is 0 Å². The zero-order valence-electron chi connectivity index (χ0n) is 21.0. The molecule has 172 valence electrons. The van der Waals surface area contributed by atoms with Gasteiger partial charge in [-0.2, -0.15) is 0 Å². The summed E-state index contributed by atoms with van der Waals surface area (Å²) in [6.45, 7) is 4.62. The first kappa shape index (κ1) is 20.9. The molecule has 0 atom stereocenters. The van der Waals surface area contributed by atoms with E-state index in [1.165, 1.54) is 104 Å². The Hall–Kier alpha value is -3.45. The second-order valence-corrected chi connectivity index (χ2v) is 10.9. The Morgan fingerprint density at radius 2 is 1.51 bits per heavy atom. The van der Waals surface area contributed by atoms with E-state index in [1.54, 1.807) is 0 Å². The van der Waals surface area contributed by atoms with Crippen molar-refractivity contribution in [2.24, 2.45) is 13.0 Å². The highest BCUT2D eigenvalue weighted by atomic mass is 14.9. The van der Waals surface area contributed by atoms with Crippen LogP contribution in [0.3, 0.4) is 0 Å². The minimum Gasteiger partial charge on any atom is -0.200 e. The van der Waals surface area contributed by atoms with Gasteiger partial charge >= 0.3 is 0 Å². The molecule has 1 heterocycles. The second-order valence-electron chi connectivity index (χ2n) is 10.9. The number of nitrogens with zero attached hydrogens (tertiary/aromatic N) is 1. The van der Waals surface area contributed by atoms with Crippen molar-refractivity contribution in [3.8, 4) is 33.5 Å². The molecule has 35 heavy (non-hydrogen) atoms. The molecule has 2 aliphatic carbocycles. The fraction of sp³-hybridized carbons (Fsp3) is 0.265. The SMILES string of the molecule is Cc1c(-c2c3ccc(CC4CCCC4)cc3cc[n+]2C)cc2c(c1C)-c1cccc3cccc-2c13. The quantitative estimate of drug-likeness (QED) is 0.236. The third-order valence-corrected chi connectivity index (χ3v) is 8.82. The Labute approximate surface area is 208 Å². The third-order valence-electron chi connectivity index (χ3n) is 8.82. The highest BCUT2D eigenvalue weighted by molar-refractivity contribution is 6.16. The average molecular weight is 455 g/mol. The van der Waals surface area contributed by atoms with Crippen LogP contribution in [0, 0.1) is 19.8 Å². The molecule has 0 bridgehead atoms. The van der Waals surface area contributed by atoms with Gasteiger partial charge in [0.1, 0.15) is 7.05 Å². The number of hydrogen-bond acceptors (Lipinski definition) is 0. The van der Waals surface area contributed by atoms with Crippen molar-refractivity contribution in [1.29, 1.82) is 0 Å². The summed E-state index contributed by atoms with van der Waals surface area (Å²) in [6, 6.07) is 25.5. The predicted octanol–water partition coefficient (Wildman–Crippen LogP) is 8.48. The van der Waals surface area contributed by atoms with Gasteiger partial charge in [0.2, 0.25) is 5.69 Å². The van der Waals surface area contributed by atoms with Gasteiger partial charge in [-0.15, -0.1) is 0 Å². The molecule has 0 unspecified atom stereocenters. The van der Waals surface area contributed by atoms with E-state index in [0.717, 1.165) is 5.92 Å². The van der Waals surface area contributed by atoms with Crippen molar-refractivity contribution in [3.05, 3.63) is 89.6 Å². The maximum atomic E-state index is 2.47. The molecule has 5 aromatic rings. The van der Waals surface area contributed by atoms with Crippen LogP contribution < -0.4 is 4.57 Å². The van der Waals surface area contributed by atoms with Gasteiger partial charge in [-0.05, 0) is 93.4 Å². The summed E-state index contributed by atoms with van der Waals surface area (Å²) in [5, 5.41) is 5.45. The lowest BCUT2D eigenvalue weighted by Gasteiger charge is -2.16. The first-order chi connectivity index (χ1) is 17.1. The third kappa shape index (κ3) is 3.11. The lowest BCUT2D eigenvalue weighted by molar-refractivity contribution is -0.659. The lowest BCUT2D eigenvalue weighted by Crippen LogP contribution is -2.30. The van der Waals surface area contributed by atoms with Gasteiger partial charge < -0.3 is 0 Å². The van der Waals surface area contributed by atoms with Crippen LogP contribution in [0.1, 0.15) is 42.4 Å². The van der Waals surface area contributed by atoms with Crippen LogP contribution in [-0.2, 0) is 13.5 Å². The van der Waals surface area contributed by atoms with E-state index in [-0.39, 0.29) is 0 Å². The minimum absolute atomic E-state index is 0.873. The molecule has 1 nitrogen and oxygen atoms in total. The zero-order valence-corrected chi connectivity index (χ0v) is 21.0. The lowest BCUT2D eigenvalue weighted by atomic mass is 9.88. The second kappa shape index (κ2) is 7.78. The molecule has 0 spiro atoms. The molecule has 0 aliphatic heterocycles. The average Bonchev–Trinajstić information content (AvgIpc) is 3.49. The molecule has 0 saturated heterocycles. The van der Waals surface area contributed by atoms with Crippen LogP contribution in [0.2, 0.25) is 0 Å². The number of fused-ring (bicyclic) bond motifs is 4. The van der Waals surface area contributed by atoms with Crippen molar-refractivity contribution in [1.82, 2.24) is 0 Å². The first-order valence-electron chi connectivity index (χ1n) is 13.2. The summed E-state index contributed by atoms with van der Waals surface area (Å²) in [4.78, 5) is 0. The maximum absolute atomic E-state index is 2.47. The highest BCUT2D eigenvalue weighted by Crippen LogP contribution is 2.51. The van der Waals surface area contributed by atoms with Crippen LogP contribution in [-0.4, -0.2) is 0 Å². The number of hydrogen-bond donors (Lipinski definition) is 0. The molecule has 0 N–H and O–H groups in total. The van der Waals surface area contributed by atoms with Crippen molar-refractivity contribution >= 4 is 21.5 Å². The molecule has 1 saturated carbocycles. The first-order valence-corrected chi connectivity index (χ1v) is 13.2. The number of rotatable bonds is 3. The Morgan fingerprint density at radius 1 is 0.743 bits per heavy atom. The van der Waals surface area contributed by atoms with Gasteiger partial charge in [-0.3, -0.25) is 0 Å². The number of benzene rings is 4. The van der Waals surface area contributed by atoms with Crippen molar-refractivity contribution in [3.63, 3.8) is 0 Å². The van der Waals surface area contributed by atoms with Gasteiger partial charge in [0.25, 0.3) is 0 Å². The summed E-state index contributed by atoms with van der Waals surface area (Å²) in [6.07, 6.45) is 9.09. The summed E-state index contributed by atoms with van der Waals surface area (Å²) < 4.78 is 2.32. The molecule has 7 rings (SSSR count). The van der Waals surface area contributed by atoms with Crippen molar-refractivity contribution in [2.75, 3.05) is 0 Å². The zero-order chi connectivity index (χ0) is 23.7. The Bertz CT molecular complexity index is 1640. The topological polar surface area (TPSA) is 3.88 Å². The van der Waals surface area contributed by atoms with Gasteiger partial charge in [0.05, 0.1) is 10.9 Å². The van der Waals surface area contributed by atoms with E-state index in [0.29, 0.717) is 0 Å². The monoisotopic (exact) mass is 454 g/mol. The Balaban J connectivity index is 1.43. The smallest absolute Gasteiger partial charge is 0.200 e. The van der Waals surface area contributed by atoms with Crippen LogP contribution in [0.15, 0.2) is 72.9 Å². The van der Waals surface area contributed by atoms with Crippen LogP contribution in [0.25, 0.3) is 55.1 Å². The van der Waals surface area contributed by atoms with Gasteiger partial charge in [0, 0.05) is 6.07 Å². The van der Waals surface area contributed by atoms with E-state index < -0.39 is 0 Å². The number of aromatic nitrogens is 1. The van der Waals surface area contributed by atoms with Gasteiger partial charge in [-0.25, -0.2) is 4.57 Å². The maximum Gasteiger partial charge on any atom is 0.220 e. The minimum atomic E-state index is 0.873. The predicted molar refractivity (Wildman–Crippen MR) is 148 cm³/mol. The van der Waals surface area contributed by atoms with Gasteiger partial charge in [-0.1, -0.05) is 74.2 Å². The molecule has 1 aromatic heterocycles. The van der Waals surface area contributed by atoms with Crippen LogP contribution in [0.4, 0.5) is 0 Å². The van der Waals surface area contributed by atoms with E-state index in [4.69, 9.17) is 0 Å². The van der Waals surface area contributed by atoms with E-state index in [2.05, 4.69) is 98.4 Å². The van der Waals surface area contributed by atoms with E-state index in [1.807, 2.05) is 0 Å². The fourth-order valence-electron chi connectivity index (χ4n) is 6.93. The summed E-state index contributed by atoms with van der Waals surface area (Å²) in [5.41, 5.74) is 12.5. The number of aryl methyl sites for hydroxylation is 1. The molecule has 4 aromatic carbocycles. The molecule has 0 amide bonds. The highest BCUT2D eigenvalue weighted by Gasteiger charge is 2.28. The summed E-state index contributed by atoms with van der Waals surface area (Å²) in [5.74, 6) is 0.873. The van der Waals surface area contributed by atoms with Gasteiger partial charge in [0.15, 0.2) is 6.20 Å². The largest absolute Gasteiger partial charge is 0.220 e. The molecule has 1 fully saturated rings. The van der Waals surface area contributed by atoms with E-state index in [9.17, 15) is 0 Å². The molecule has 0 radical (unpaired) electrons. The summed E-state index contributed by atoms with van der Waals surface area (Å²) >= 11 is 0. The Kier molecular flexibility index (Phi) is 4.64. The molecular formula is C34H32N+.